The molecule has 0 aliphatic carbocycles. The molecule has 0 N–H and O–H groups in total. The zero-order valence-corrected chi connectivity index (χ0v) is 24.8. The molecule has 4 heteroatoms. The van der Waals surface area contributed by atoms with Crippen molar-refractivity contribution in [1.82, 2.24) is 19.1 Å². The van der Waals surface area contributed by atoms with Gasteiger partial charge in [0, 0.05) is 38.2 Å². The van der Waals surface area contributed by atoms with Gasteiger partial charge in [-0.2, -0.15) is 0 Å². The lowest BCUT2D eigenvalue weighted by Gasteiger charge is -2.12. The van der Waals surface area contributed by atoms with Gasteiger partial charge in [0.05, 0.1) is 33.3 Å². The molecule has 0 atom stereocenters. The lowest BCUT2D eigenvalue weighted by atomic mass is 10.0. The molecule has 214 valence electrons. The third-order valence-corrected chi connectivity index (χ3v) is 9.30. The molecule has 4 nitrogen and oxygen atoms in total. The third-order valence-electron chi connectivity index (χ3n) is 9.30. The molecular weight excluding hydrogens is 560 g/mol. The first kappa shape index (κ1) is 25.1. The quantitative estimate of drug-likeness (QED) is 0.206. The average molecular weight is 587 g/mol. The Morgan fingerprint density at radius 2 is 1.04 bits per heavy atom. The van der Waals surface area contributed by atoms with Crippen LogP contribution in [0.25, 0.3) is 88.2 Å². The summed E-state index contributed by atoms with van der Waals surface area (Å²) in [7, 11) is 0. The van der Waals surface area contributed by atoms with Crippen LogP contribution in [-0.4, -0.2) is 19.1 Å². The summed E-state index contributed by atoms with van der Waals surface area (Å²) < 4.78 is 4.62. The smallest absolute Gasteiger partial charge is 0.235 e. The first-order valence-corrected chi connectivity index (χ1v) is 15.6. The molecule has 3 heterocycles. The standard InChI is InChI=1S/C42H26N4/c1-3-13-27(14-4-1)41-31-18-7-10-20-35(31)43-42(44-41)46-36-21-11-8-17-30(36)34-26-33-28(25-39(34)46)23-24-38-40(33)32-19-9-12-22-37(32)45(38)29-15-5-2-6-16-29/h1-26H. The average Bonchev–Trinajstić information content (AvgIpc) is 3.63. The summed E-state index contributed by atoms with van der Waals surface area (Å²) in [6.45, 7) is 0. The van der Waals surface area contributed by atoms with E-state index in [0.29, 0.717) is 5.95 Å². The number of hydrogen-bond donors (Lipinski definition) is 0. The maximum absolute atomic E-state index is 5.27. The van der Waals surface area contributed by atoms with E-state index in [1.54, 1.807) is 0 Å². The van der Waals surface area contributed by atoms with Gasteiger partial charge in [0.1, 0.15) is 0 Å². The molecule has 0 bridgehead atoms. The first-order chi connectivity index (χ1) is 22.8. The van der Waals surface area contributed by atoms with Gasteiger partial charge in [0.2, 0.25) is 5.95 Å². The highest BCUT2D eigenvalue weighted by Crippen LogP contribution is 2.41. The van der Waals surface area contributed by atoms with Crippen molar-refractivity contribution in [3.63, 3.8) is 0 Å². The normalized spacial score (nSPS) is 11.9. The highest BCUT2D eigenvalue weighted by Gasteiger charge is 2.20. The van der Waals surface area contributed by atoms with E-state index in [9.17, 15) is 0 Å². The van der Waals surface area contributed by atoms with Crippen molar-refractivity contribution in [3.8, 4) is 22.9 Å². The SMILES string of the molecule is c1ccc(-c2nc(-n3c4ccccc4c4cc5c(ccc6c5c5ccccc5n6-c5ccccc5)cc43)nc3ccccc23)cc1. The molecule has 0 saturated carbocycles. The summed E-state index contributed by atoms with van der Waals surface area (Å²) in [4.78, 5) is 10.4. The lowest BCUT2D eigenvalue weighted by molar-refractivity contribution is 1.01. The predicted molar refractivity (Wildman–Crippen MR) is 191 cm³/mol. The van der Waals surface area contributed by atoms with Gasteiger partial charge in [-0.3, -0.25) is 4.57 Å². The van der Waals surface area contributed by atoms with E-state index in [1.165, 1.54) is 43.4 Å². The van der Waals surface area contributed by atoms with Gasteiger partial charge >= 0.3 is 0 Å². The molecule has 46 heavy (non-hydrogen) atoms. The van der Waals surface area contributed by atoms with Crippen LogP contribution in [0.15, 0.2) is 158 Å². The van der Waals surface area contributed by atoms with Crippen LogP contribution in [0.4, 0.5) is 0 Å². The van der Waals surface area contributed by atoms with Gasteiger partial charge in [-0.05, 0) is 59.3 Å². The summed E-state index contributed by atoms with van der Waals surface area (Å²) in [5, 5.41) is 8.35. The number of hydrogen-bond acceptors (Lipinski definition) is 2. The number of para-hydroxylation sites is 4. The van der Waals surface area contributed by atoms with E-state index in [1.807, 2.05) is 12.1 Å². The molecule has 3 aromatic heterocycles. The summed E-state index contributed by atoms with van der Waals surface area (Å²) >= 11 is 0. The second-order valence-electron chi connectivity index (χ2n) is 11.8. The maximum Gasteiger partial charge on any atom is 0.235 e. The molecule has 0 aliphatic rings. The van der Waals surface area contributed by atoms with E-state index >= 15 is 0 Å². The highest BCUT2D eigenvalue weighted by molar-refractivity contribution is 6.25. The zero-order valence-electron chi connectivity index (χ0n) is 24.8. The van der Waals surface area contributed by atoms with Crippen molar-refractivity contribution < 1.29 is 0 Å². The van der Waals surface area contributed by atoms with E-state index < -0.39 is 0 Å². The first-order valence-electron chi connectivity index (χ1n) is 15.6. The topological polar surface area (TPSA) is 35.6 Å². The fourth-order valence-electron chi connectivity index (χ4n) is 7.31. The third kappa shape index (κ3) is 3.55. The van der Waals surface area contributed by atoms with E-state index in [-0.39, 0.29) is 0 Å². The maximum atomic E-state index is 5.27. The van der Waals surface area contributed by atoms with Crippen LogP contribution < -0.4 is 0 Å². The number of nitrogens with zero attached hydrogens (tertiary/aromatic N) is 4. The Morgan fingerprint density at radius 3 is 1.85 bits per heavy atom. The Kier molecular flexibility index (Phi) is 5.25. The minimum atomic E-state index is 0.671. The van der Waals surface area contributed by atoms with Gasteiger partial charge in [-0.15, -0.1) is 0 Å². The van der Waals surface area contributed by atoms with Crippen LogP contribution in [0, 0.1) is 0 Å². The molecule has 0 aliphatic heterocycles. The lowest BCUT2D eigenvalue weighted by Crippen LogP contribution is -2.03. The minimum absolute atomic E-state index is 0.671. The summed E-state index contributed by atoms with van der Waals surface area (Å²) in [5.41, 5.74) is 8.68. The molecule has 10 aromatic rings. The molecule has 0 spiro atoms. The van der Waals surface area contributed by atoms with Gasteiger partial charge in [-0.1, -0.05) is 109 Å². The highest BCUT2D eigenvalue weighted by atomic mass is 15.2. The van der Waals surface area contributed by atoms with Crippen LogP contribution in [0.3, 0.4) is 0 Å². The van der Waals surface area contributed by atoms with Crippen molar-refractivity contribution in [1.29, 1.82) is 0 Å². The second kappa shape index (κ2) is 9.62. The number of fused-ring (bicyclic) bond motifs is 9. The van der Waals surface area contributed by atoms with Gasteiger partial charge < -0.3 is 4.57 Å². The Bertz CT molecular complexity index is 2790. The molecule has 0 unspecified atom stereocenters. The van der Waals surface area contributed by atoms with Gasteiger partial charge in [-0.25, -0.2) is 9.97 Å². The number of benzene rings is 7. The van der Waals surface area contributed by atoms with Crippen LogP contribution in [-0.2, 0) is 0 Å². The fraction of sp³-hybridized carbons (Fsp3) is 0. The molecule has 7 aromatic carbocycles. The van der Waals surface area contributed by atoms with Gasteiger partial charge in [0.25, 0.3) is 0 Å². The van der Waals surface area contributed by atoms with Crippen LogP contribution in [0.5, 0.6) is 0 Å². The number of rotatable bonds is 3. The molecule has 0 fully saturated rings. The van der Waals surface area contributed by atoms with Crippen molar-refractivity contribution in [2.24, 2.45) is 0 Å². The fourth-order valence-corrected chi connectivity index (χ4v) is 7.31. The number of aromatic nitrogens is 4. The minimum Gasteiger partial charge on any atom is -0.309 e. The van der Waals surface area contributed by atoms with Crippen LogP contribution >= 0.6 is 0 Å². The largest absolute Gasteiger partial charge is 0.309 e. The summed E-state index contributed by atoms with van der Waals surface area (Å²) in [6.07, 6.45) is 0. The van der Waals surface area contributed by atoms with Crippen molar-refractivity contribution in [2.45, 2.75) is 0 Å². The van der Waals surface area contributed by atoms with E-state index in [0.717, 1.165) is 38.9 Å². The van der Waals surface area contributed by atoms with Crippen LogP contribution in [0.2, 0.25) is 0 Å². The van der Waals surface area contributed by atoms with E-state index in [4.69, 9.17) is 9.97 Å². The van der Waals surface area contributed by atoms with E-state index in [2.05, 4.69) is 155 Å². The summed E-state index contributed by atoms with van der Waals surface area (Å²) in [6, 6.07) is 55.9. The Hall–Kier alpha value is -6.26. The van der Waals surface area contributed by atoms with Crippen molar-refractivity contribution >= 4 is 65.3 Å². The summed E-state index contributed by atoms with van der Waals surface area (Å²) in [5.74, 6) is 0.671. The molecule has 10 rings (SSSR count). The molecule has 0 saturated heterocycles. The van der Waals surface area contributed by atoms with Crippen LogP contribution in [0.1, 0.15) is 0 Å². The van der Waals surface area contributed by atoms with Gasteiger partial charge in [0.15, 0.2) is 0 Å². The molecular formula is C42H26N4. The monoisotopic (exact) mass is 586 g/mol. The predicted octanol–water partition coefficient (Wildman–Crippen LogP) is 10.6. The second-order valence-corrected chi connectivity index (χ2v) is 11.8. The van der Waals surface area contributed by atoms with Crippen molar-refractivity contribution in [3.05, 3.63) is 158 Å². The molecule has 0 amide bonds. The molecule has 0 radical (unpaired) electrons. The zero-order chi connectivity index (χ0) is 30.2. The van der Waals surface area contributed by atoms with Crippen molar-refractivity contribution in [2.75, 3.05) is 0 Å². The Labute approximate surface area is 264 Å². The Balaban J connectivity index is 1.32. The Morgan fingerprint density at radius 1 is 0.391 bits per heavy atom.